The lowest BCUT2D eigenvalue weighted by atomic mass is 9.89. The van der Waals surface area contributed by atoms with Crippen molar-refractivity contribution in [2.75, 3.05) is 6.61 Å². The summed E-state index contributed by atoms with van der Waals surface area (Å²) < 4.78 is 5.79. The molecule has 82 valence electrons. The van der Waals surface area contributed by atoms with Gasteiger partial charge in [-0.15, -0.1) is 0 Å². The normalized spacial score (nSPS) is 27.5. The second-order valence-corrected chi connectivity index (χ2v) is 4.86. The molecule has 2 nitrogen and oxygen atoms in total. The summed E-state index contributed by atoms with van der Waals surface area (Å²) >= 11 is 4.81. The van der Waals surface area contributed by atoms with Crippen LogP contribution in [0.2, 0.25) is 0 Å². The van der Waals surface area contributed by atoms with Gasteiger partial charge in [0.2, 0.25) is 0 Å². The molecule has 1 aliphatic carbocycles. The lowest BCUT2D eigenvalue weighted by Gasteiger charge is -2.26. The number of thiocarbonyl (C=S) groups is 1. The van der Waals surface area contributed by atoms with Gasteiger partial charge in [0.1, 0.15) is 0 Å². The summed E-state index contributed by atoms with van der Waals surface area (Å²) in [4.78, 5) is 0.602. The third-order valence-electron chi connectivity index (χ3n) is 2.81. The van der Waals surface area contributed by atoms with Crippen molar-refractivity contribution in [1.29, 1.82) is 0 Å². The van der Waals surface area contributed by atoms with Crippen LogP contribution in [-0.4, -0.2) is 17.7 Å². The minimum absolute atomic E-state index is 0.491. The average molecular weight is 215 g/mol. The zero-order chi connectivity index (χ0) is 10.4. The third-order valence-corrected chi connectivity index (χ3v) is 3.01. The van der Waals surface area contributed by atoms with Crippen LogP contribution in [0, 0.1) is 5.92 Å². The summed E-state index contributed by atoms with van der Waals surface area (Å²) in [5.74, 6) is 0.837. The number of hydrogen-bond donors (Lipinski definition) is 1. The fourth-order valence-corrected chi connectivity index (χ4v) is 2.17. The Morgan fingerprint density at radius 2 is 2.29 bits per heavy atom. The van der Waals surface area contributed by atoms with Gasteiger partial charge >= 0.3 is 0 Å². The number of hydrogen-bond acceptors (Lipinski definition) is 2. The smallest absolute Gasteiger partial charge is 0.0728 e. The zero-order valence-electron chi connectivity index (χ0n) is 9.00. The lowest BCUT2D eigenvalue weighted by molar-refractivity contribution is 0.0151. The van der Waals surface area contributed by atoms with E-state index < -0.39 is 0 Å². The first-order valence-electron chi connectivity index (χ1n) is 5.58. The molecule has 0 amide bonds. The molecule has 0 bridgehead atoms. The first-order valence-corrected chi connectivity index (χ1v) is 5.99. The Hall–Kier alpha value is -0.150. The molecule has 0 spiro atoms. The summed E-state index contributed by atoms with van der Waals surface area (Å²) in [6, 6.07) is 0. The third kappa shape index (κ3) is 4.91. The molecule has 1 fully saturated rings. The molecule has 0 saturated heterocycles. The topological polar surface area (TPSA) is 35.2 Å². The maximum absolute atomic E-state index is 5.79. The summed E-state index contributed by atoms with van der Waals surface area (Å²) in [6.45, 7) is 3.12. The van der Waals surface area contributed by atoms with Crippen molar-refractivity contribution in [3.63, 3.8) is 0 Å². The van der Waals surface area contributed by atoms with E-state index in [9.17, 15) is 0 Å². The van der Waals surface area contributed by atoms with Gasteiger partial charge < -0.3 is 10.5 Å². The van der Waals surface area contributed by atoms with Crippen molar-refractivity contribution >= 4 is 17.2 Å². The quantitative estimate of drug-likeness (QED) is 0.565. The standard InChI is InChI=1S/C11H21NOS/c1-9-4-2-5-10(8-9)13-7-3-6-11(12)14/h9-10H,2-8H2,1H3,(H2,12,14). The minimum Gasteiger partial charge on any atom is -0.393 e. The molecule has 2 N–H and O–H groups in total. The molecule has 0 aliphatic heterocycles. The Bertz CT molecular complexity index is 184. The van der Waals surface area contributed by atoms with Crippen molar-refractivity contribution in [2.45, 2.75) is 51.6 Å². The Kier molecular flexibility index (Phi) is 5.41. The van der Waals surface area contributed by atoms with E-state index in [1.807, 2.05) is 0 Å². The van der Waals surface area contributed by atoms with Crippen molar-refractivity contribution < 1.29 is 4.74 Å². The van der Waals surface area contributed by atoms with Crippen LogP contribution in [-0.2, 0) is 4.74 Å². The maximum atomic E-state index is 5.79. The second-order valence-electron chi connectivity index (χ2n) is 4.33. The Labute approximate surface area is 92.2 Å². The average Bonchev–Trinajstić information content (AvgIpc) is 2.12. The Morgan fingerprint density at radius 3 is 2.93 bits per heavy atom. The molecule has 14 heavy (non-hydrogen) atoms. The highest BCUT2D eigenvalue weighted by Gasteiger charge is 2.18. The Balaban J connectivity index is 2.03. The highest BCUT2D eigenvalue weighted by atomic mass is 32.1. The number of ether oxygens (including phenoxy) is 1. The largest absolute Gasteiger partial charge is 0.393 e. The maximum Gasteiger partial charge on any atom is 0.0728 e. The molecule has 0 aromatic carbocycles. The van der Waals surface area contributed by atoms with Gasteiger partial charge in [-0.2, -0.15) is 0 Å². The summed E-state index contributed by atoms with van der Waals surface area (Å²) in [6.07, 6.45) is 7.43. The van der Waals surface area contributed by atoms with Crippen LogP contribution in [0.5, 0.6) is 0 Å². The van der Waals surface area contributed by atoms with Crippen molar-refractivity contribution in [1.82, 2.24) is 0 Å². The van der Waals surface area contributed by atoms with Gasteiger partial charge in [0.15, 0.2) is 0 Å². The molecule has 0 heterocycles. The van der Waals surface area contributed by atoms with E-state index in [0.717, 1.165) is 25.4 Å². The first-order chi connectivity index (χ1) is 6.68. The predicted octanol–water partition coefficient (Wildman–Crippen LogP) is 2.65. The molecule has 0 aromatic rings. The number of rotatable bonds is 5. The lowest BCUT2D eigenvalue weighted by Crippen LogP contribution is -2.22. The zero-order valence-corrected chi connectivity index (χ0v) is 9.81. The van der Waals surface area contributed by atoms with Gasteiger partial charge in [0.05, 0.1) is 11.1 Å². The predicted molar refractivity (Wildman–Crippen MR) is 63.4 cm³/mol. The van der Waals surface area contributed by atoms with E-state index in [1.165, 1.54) is 25.7 Å². The van der Waals surface area contributed by atoms with Crippen LogP contribution < -0.4 is 5.73 Å². The van der Waals surface area contributed by atoms with E-state index in [-0.39, 0.29) is 0 Å². The molecule has 1 saturated carbocycles. The van der Waals surface area contributed by atoms with E-state index in [1.54, 1.807) is 0 Å². The summed E-state index contributed by atoms with van der Waals surface area (Å²) in [5, 5.41) is 0. The molecule has 1 rings (SSSR count). The molecular weight excluding hydrogens is 194 g/mol. The van der Waals surface area contributed by atoms with Crippen LogP contribution in [0.1, 0.15) is 45.4 Å². The first kappa shape index (κ1) is 11.9. The van der Waals surface area contributed by atoms with Crippen molar-refractivity contribution in [2.24, 2.45) is 11.7 Å². The monoisotopic (exact) mass is 215 g/mol. The molecule has 0 radical (unpaired) electrons. The van der Waals surface area contributed by atoms with Gasteiger partial charge in [-0.1, -0.05) is 32.0 Å². The number of nitrogens with two attached hydrogens (primary N) is 1. The van der Waals surface area contributed by atoms with Gasteiger partial charge in [0, 0.05) is 6.61 Å². The molecule has 1 aliphatic rings. The molecule has 3 heteroatoms. The Morgan fingerprint density at radius 1 is 1.50 bits per heavy atom. The van der Waals surface area contributed by atoms with Gasteiger partial charge in [-0.3, -0.25) is 0 Å². The van der Waals surface area contributed by atoms with Crippen LogP contribution in [0.25, 0.3) is 0 Å². The minimum atomic E-state index is 0.491. The van der Waals surface area contributed by atoms with Crippen molar-refractivity contribution in [3.8, 4) is 0 Å². The van der Waals surface area contributed by atoms with Crippen LogP contribution in [0.15, 0.2) is 0 Å². The molecule has 2 atom stereocenters. The second kappa shape index (κ2) is 6.36. The van der Waals surface area contributed by atoms with Gasteiger partial charge in [-0.25, -0.2) is 0 Å². The van der Waals surface area contributed by atoms with E-state index >= 15 is 0 Å². The van der Waals surface area contributed by atoms with Crippen LogP contribution in [0.4, 0.5) is 0 Å². The van der Waals surface area contributed by atoms with Crippen LogP contribution >= 0.6 is 12.2 Å². The fraction of sp³-hybridized carbons (Fsp3) is 0.909. The van der Waals surface area contributed by atoms with Gasteiger partial charge in [0.25, 0.3) is 0 Å². The summed E-state index contributed by atoms with van der Waals surface area (Å²) in [5.41, 5.74) is 5.41. The highest BCUT2D eigenvalue weighted by molar-refractivity contribution is 7.80. The van der Waals surface area contributed by atoms with E-state index in [2.05, 4.69) is 6.92 Å². The van der Waals surface area contributed by atoms with Crippen molar-refractivity contribution in [3.05, 3.63) is 0 Å². The SMILES string of the molecule is CC1CCCC(OCCCC(N)=S)C1. The molecule has 0 aromatic heterocycles. The van der Waals surface area contributed by atoms with E-state index in [0.29, 0.717) is 11.1 Å². The highest BCUT2D eigenvalue weighted by Crippen LogP contribution is 2.25. The van der Waals surface area contributed by atoms with Crippen LogP contribution in [0.3, 0.4) is 0 Å². The molecule has 2 unspecified atom stereocenters. The fourth-order valence-electron chi connectivity index (χ4n) is 2.03. The summed E-state index contributed by atoms with van der Waals surface area (Å²) in [7, 11) is 0. The molecular formula is C11H21NOS. The van der Waals surface area contributed by atoms with Gasteiger partial charge in [-0.05, 0) is 31.6 Å². The van der Waals surface area contributed by atoms with E-state index in [4.69, 9.17) is 22.7 Å².